The maximum Gasteiger partial charge on any atom is 0.220 e. The molecule has 1 aromatic rings. The van der Waals surface area contributed by atoms with Crippen molar-refractivity contribution in [3.05, 3.63) is 34.9 Å². The van der Waals surface area contributed by atoms with Crippen LogP contribution < -0.4 is 5.32 Å². The van der Waals surface area contributed by atoms with Gasteiger partial charge < -0.3 is 5.32 Å². The SMILES string of the molecule is CC[C@@H](C)CC(=O)N[C@H](CC(C)C)C1(c2ccc(Cl)cc2)CCC1. The topological polar surface area (TPSA) is 29.1 Å². The monoisotopic (exact) mass is 349 g/mol. The van der Waals surface area contributed by atoms with Gasteiger partial charge in [-0.1, -0.05) is 64.3 Å². The summed E-state index contributed by atoms with van der Waals surface area (Å²) < 4.78 is 0. The fourth-order valence-electron chi connectivity index (χ4n) is 3.79. The molecule has 0 radical (unpaired) electrons. The summed E-state index contributed by atoms with van der Waals surface area (Å²) in [5, 5.41) is 4.17. The number of nitrogens with one attached hydrogen (secondary N) is 1. The molecule has 0 bridgehead atoms. The first-order valence-corrected chi connectivity index (χ1v) is 9.80. The Morgan fingerprint density at radius 3 is 2.29 bits per heavy atom. The third-order valence-electron chi connectivity index (χ3n) is 5.61. The maximum absolute atomic E-state index is 12.5. The molecule has 1 aromatic carbocycles. The molecule has 1 saturated carbocycles. The van der Waals surface area contributed by atoms with Gasteiger partial charge in [-0.25, -0.2) is 0 Å². The number of hydrogen-bond donors (Lipinski definition) is 1. The van der Waals surface area contributed by atoms with Crippen molar-refractivity contribution in [3.63, 3.8) is 0 Å². The highest BCUT2D eigenvalue weighted by Crippen LogP contribution is 2.48. The van der Waals surface area contributed by atoms with Crippen molar-refractivity contribution in [2.75, 3.05) is 0 Å². The molecule has 0 unspecified atom stereocenters. The second-order valence-corrected chi connectivity index (χ2v) is 8.42. The van der Waals surface area contributed by atoms with Crippen molar-refractivity contribution in [2.24, 2.45) is 11.8 Å². The molecule has 1 fully saturated rings. The predicted molar refractivity (Wildman–Crippen MR) is 102 cm³/mol. The van der Waals surface area contributed by atoms with Gasteiger partial charge in [-0.3, -0.25) is 4.79 Å². The van der Waals surface area contributed by atoms with Gasteiger partial charge in [0, 0.05) is 22.9 Å². The molecular weight excluding hydrogens is 318 g/mol. The minimum atomic E-state index is 0.0833. The van der Waals surface area contributed by atoms with Crippen LogP contribution in [0.4, 0.5) is 0 Å². The first-order chi connectivity index (χ1) is 11.4. The minimum absolute atomic E-state index is 0.0833. The number of rotatable bonds is 8. The van der Waals surface area contributed by atoms with Gasteiger partial charge in [-0.05, 0) is 48.8 Å². The van der Waals surface area contributed by atoms with Crippen LogP contribution in [0.25, 0.3) is 0 Å². The van der Waals surface area contributed by atoms with Crippen LogP contribution in [0.3, 0.4) is 0 Å². The van der Waals surface area contributed by atoms with Gasteiger partial charge in [-0.2, -0.15) is 0 Å². The predicted octanol–water partition coefficient (Wildman–Crippen LogP) is 5.73. The number of halogens is 1. The molecule has 0 aromatic heterocycles. The summed E-state index contributed by atoms with van der Waals surface area (Å²) in [5.41, 5.74) is 1.41. The molecule has 0 heterocycles. The molecule has 1 aliphatic rings. The van der Waals surface area contributed by atoms with E-state index in [4.69, 9.17) is 11.6 Å². The molecule has 0 spiro atoms. The Morgan fingerprint density at radius 1 is 1.21 bits per heavy atom. The van der Waals surface area contributed by atoms with Gasteiger partial charge in [0.2, 0.25) is 5.91 Å². The Balaban J connectivity index is 2.21. The van der Waals surface area contributed by atoms with E-state index in [9.17, 15) is 4.79 Å². The largest absolute Gasteiger partial charge is 0.352 e. The fourth-order valence-corrected chi connectivity index (χ4v) is 3.91. The van der Waals surface area contributed by atoms with Crippen molar-refractivity contribution in [1.82, 2.24) is 5.32 Å². The average Bonchev–Trinajstić information content (AvgIpc) is 2.47. The van der Waals surface area contributed by atoms with E-state index < -0.39 is 0 Å². The highest BCUT2D eigenvalue weighted by atomic mass is 35.5. The van der Waals surface area contributed by atoms with Crippen molar-refractivity contribution < 1.29 is 4.79 Å². The Labute approximate surface area is 152 Å². The highest BCUT2D eigenvalue weighted by molar-refractivity contribution is 6.30. The fraction of sp³-hybridized carbons (Fsp3) is 0.667. The Bertz CT molecular complexity index is 533. The molecule has 134 valence electrons. The second-order valence-electron chi connectivity index (χ2n) is 7.98. The van der Waals surface area contributed by atoms with E-state index in [-0.39, 0.29) is 17.4 Å². The third kappa shape index (κ3) is 4.53. The summed E-state index contributed by atoms with van der Waals surface area (Å²) in [6.45, 7) is 8.77. The molecule has 1 aliphatic carbocycles. The van der Waals surface area contributed by atoms with Crippen LogP contribution in [0.1, 0.15) is 71.8 Å². The lowest BCUT2D eigenvalue weighted by Crippen LogP contribution is -2.55. The van der Waals surface area contributed by atoms with Crippen LogP contribution in [0.2, 0.25) is 5.02 Å². The van der Waals surface area contributed by atoms with Gasteiger partial charge >= 0.3 is 0 Å². The van der Waals surface area contributed by atoms with Gasteiger partial charge in [-0.15, -0.1) is 0 Å². The zero-order valence-corrected chi connectivity index (χ0v) is 16.3. The molecule has 2 nitrogen and oxygen atoms in total. The molecular formula is C21H32ClNO. The molecule has 24 heavy (non-hydrogen) atoms. The van der Waals surface area contributed by atoms with Crippen molar-refractivity contribution in [3.8, 4) is 0 Å². The van der Waals surface area contributed by atoms with E-state index in [2.05, 4.69) is 45.1 Å². The molecule has 3 heteroatoms. The summed E-state index contributed by atoms with van der Waals surface area (Å²) in [6.07, 6.45) is 6.23. The van der Waals surface area contributed by atoms with E-state index >= 15 is 0 Å². The Hall–Kier alpha value is -1.02. The summed E-state index contributed by atoms with van der Waals surface area (Å²) in [6, 6.07) is 8.46. The molecule has 2 rings (SSSR count). The van der Waals surface area contributed by atoms with Gasteiger partial charge in [0.15, 0.2) is 0 Å². The highest BCUT2D eigenvalue weighted by Gasteiger charge is 2.46. The maximum atomic E-state index is 12.5. The summed E-state index contributed by atoms with van der Waals surface area (Å²) >= 11 is 6.07. The third-order valence-corrected chi connectivity index (χ3v) is 5.86. The molecule has 1 amide bonds. The second kappa shape index (κ2) is 8.38. The molecule has 2 atom stereocenters. The van der Waals surface area contributed by atoms with E-state index in [0.29, 0.717) is 18.3 Å². The standard InChI is InChI=1S/C21H32ClNO/c1-5-16(4)14-20(24)23-19(13-15(2)3)21(11-6-12-21)17-7-9-18(22)10-8-17/h7-10,15-16,19H,5-6,11-14H2,1-4H3,(H,23,24)/t16-,19-/m1/s1. The van der Waals surface area contributed by atoms with Crippen LogP contribution in [0, 0.1) is 11.8 Å². The van der Waals surface area contributed by atoms with Crippen LogP contribution in [-0.2, 0) is 10.2 Å². The summed E-state index contributed by atoms with van der Waals surface area (Å²) in [5.74, 6) is 1.21. The number of hydrogen-bond acceptors (Lipinski definition) is 1. The number of carbonyl (C=O) groups is 1. The van der Waals surface area contributed by atoms with Gasteiger partial charge in [0.05, 0.1) is 0 Å². The zero-order valence-electron chi connectivity index (χ0n) is 15.6. The molecule has 1 N–H and O–H groups in total. The smallest absolute Gasteiger partial charge is 0.220 e. The lowest BCUT2D eigenvalue weighted by Gasteiger charge is -2.49. The average molecular weight is 350 g/mol. The molecule has 0 aliphatic heterocycles. The first-order valence-electron chi connectivity index (χ1n) is 9.42. The van der Waals surface area contributed by atoms with Gasteiger partial charge in [0.1, 0.15) is 0 Å². The number of amides is 1. The normalized spacial score (nSPS) is 18.8. The van der Waals surface area contributed by atoms with E-state index in [1.54, 1.807) is 0 Å². The summed E-state index contributed by atoms with van der Waals surface area (Å²) in [4.78, 5) is 12.5. The van der Waals surface area contributed by atoms with Crippen LogP contribution >= 0.6 is 11.6 Å². The number of benzene rings is 1. The van der Waals surface area contributed by atoms with Crippen molar-refractivity contribution in [2.45, 2.75) is 77.7 Å². The Morgan fingerprint density at radius 2 is 1.83 bits per heavy atom. The summed E-state index contributed by atoms with van der Waals surface area (Å²) in [7, 11) is 0. The lowest BCUT2D eigenvalue weighted by molar-refractivity contribution is -0.123. The van der Waals surface area contributed by atoms with Gasteiger partial charge in [0.25, 0.3) is 0 Å². The lowest BCUT2D eigenvalue weighted by atomic mass is 9.59. The number of carbonyl (C=O) groups excluding carboxylic acids is 1. The van der Waals surface area contributed by atoms with Crippen LogP contribution in [0.15, 0.2) is 24.3 Å². The van der Waals surface area contributed by atoms with E-state index in [1.165, 1.54) is 12.0 Å². The van der Waals surface area contributed by atoms with Crippen LogP contribution in [-0.4, -0.2) is 11.9 Å². The first kappa shape index (κ1) is 19.3. The van der Waals surface area contributed by atoms with Crippen molar-refractivity contribution >= 4 is 17.5 Å². The minimum Gasteiger partial charge on any atom is -0.352 e. The quantitative estimate of drug-likeness (QED) is 0.638. The van der Waals surface area contributed by atoms with E-state index in [1.807, 2.05) is 12.1 Å². The zero-order chi connectivity index (χ0) is 17.7. The van der Waals surface area contributed by atoms with Crippen LogP contribution in [0.5, 0.6) is 0 Å². The van der Waals surface area contributed by atoms with E-state index in [0.717, 1.165) is 30.7 Å². The van der Waals surface area contributed by atoms with Crippen molar-refractivity contribution in [1.29, 1.82) is 0 Å². The molecule has 0 saturated heterocycles. The Kier molecular flexibility index (Phi) is 6.74.